The number of nitrogens with one attached hydrogen (secondary N) is 1. The van der Waals surface area contributed by atoms with Crippen molar-refractivity contribution < 1.29 is 28.5 Å². The van der Waals surface area contributed by atoms with Crippen molar-refractivity contribution >= 4 is 17.5 Å². The first kappa shape index (κ1) is 28.3. The maximum Gasteiger partial charge on any atom is 0.258 e. The molecule has 0 saturated carbocycles. The third-order valence-corrected chi connectivity index (χ3v) is 6.13. The van der Waals surface area contributed by atoms with Crippen molar-refractivity contribution in [1.82, 2.24) is 10.2 Å². The highest BCUT2D eigenvalue weighted by Crippen LogP contribution is 2.41. The number of ether oxygens (including phenoxy) is 4. The van der Waals surface area contributed by atoms with Crippen LogP contribution in [0.5, 0.6) is 23.0 Å². The number of carbonyl (C=O) groups excluding carboxylic acids is 2. The highest BCUT2D eigenvalue weighted by atomic mass is 16.5. The lowest BCUT2D eigenvalue weighted by molar-refractivity contribution is 0.0796. The Morgan fingerprint density at radius 2 is 1.32 bits per heavy atom. The minimum absolute atomic E-state index is 0.112. The molecule has 0 spiro atoms. The normalized spacial score (nSPS) is 10.5. The van der Waals surface area contributed by atoms with E-state index >= 15 is 0 Å². The minimum atomic E-state index is -0.252. The highest BCUT2D eigenvalue weighted by molar-refractivity contribution is 6.07. The van der Waals surface area contributed by atoms with Gasteiger partial charge < -0.3 is 34.1 Å². The number of anilines is 1. The van der Waals surface area contributed by atoms with E-state index in [9.17, 15) is 9.59 Å². The summed E-state index contributed by atoms with van der Waals surface area (Å²) in [5.41, 5.74) is 2.40. The first-order valence-electron chi connectivity index (χ1n) is 12.1. The molecule has 0 aliphatic heterocycles. The summed E-state index contributed by atoms with van der Waals surface area (Å²) in [6.07, 6.45) is 0. The minimum Gasteiger partial charge on any atom is -0.497 e. The quantitative estimate of drug-likeness (QED) is 0.387. The van der Waals surface area contributed by atoms with Crippen LogP contribution in [0.3, 0.4) is 0 Å². The molecule has 0 aliphatic carbocycles. The van der Waals surface area contributed by atoms with E-state index < -0.39 is 0 Å². The highest BCUT2D eigenvalue weighted by Gasteiger charge is 2.23. The summed E-state index contributed by atoms with van der Waals surface area (Å²) in [6, 6.07) is 17.6. The monoisotopic (exact) mass is 521 g/mol. The second-order valence-corrected chi connectivity index (χ2v) is 8.53. The van der Waals surface area contributed by atoms with E-state index in [4.69, 9.17) is 18.9 Å². The molecule has 3 aromatic rings. The van der Waals surface area contributed by atoms with E-state index in [2.05, 4.69) is 5.32 Å². The number of nitrogens with zero attached hydrogens (tertiary/aromatic N) is 2. The maximum absolute atomic E-state index is 13.9. The molecule has 9 heteroatoms. The number of likely N-dealkylation sites (N-methyl/N-ethyl adjacent to an activating group) is 2. The van der Waals surface area contributed by atoms with Crippen molar-refractivity contribution in [2.45, 2.75) is 6.54 Å². The second-order valence-electron chi connectivity index (χ2n) is 8.53. The lowest BCUT2D eigenvalue weighted by Gasteiger charge is -2.25. The Kier molecular flexibility index (Phi) is 9.95. The van der Waals surface area contributed by atoms with Crippen molar-refractivity contribution in [2.75, 3.05) is 60.5 Å². The Morgan fingerprint density at radius 1 is 0.763 bits per heavy atom. The second kappa shape index (κ2) is 13.3. The van der Waals surface area contributed by atoms with Crippen molar-refractivity contribution in [3.63, 3.8) is 0 Å². The van der Waals surface area contributed by atoms with E-state index in [0.29, 0.717) is 47.2 Å². The number of hydrogen-bond acceptors (Lipinski definition) is 7. The van der Waals surface area contributed by atoms with Gasteiger partial charge in [-0.1, -0.05) is 12.1 Å². The fourth-order valence-electron chi connectivity index (χ4n) is 3.93. The average Bonchev–Trinajstić information content (AvgIpc) is 2.97. The summed E-state index contributed by atoms with van der Waals surface area (Å²) >= 11 is 0. The molecule has 0 saturated heterocycles. The molecular formula is C29H35N3O6. The molecule has 38 heavy (non-hydrogen) atoms. The third-order valence-electron chi connectivity index (χ3n) is 6.13. The van der Waals surface area contributed by atoms with Gasteiger partial charge in [0.1, 0.15) is 5.75 Å². The number of methoxy groups -OCH3 is 4. The van der Waals surface area contributed by atoms with Crippen LogP contribution in [0.1, 0.15) is 26.3 Å². The van der Waals surface area contributed by atoms with Crippen molar-refractivity contribution in [1.29, 1.82) is 0 Å². The van der Waals surface area contributed by atoms with Crippen LogP contribution in [0.15, 0.2) is 60.7 Å². The Labute approximate surface area is 223 Å². The summed E-state index contributed by atoms with van der Waals surface area (Å²) in [5.74, 6) is 1.65. The fourth-order valence-corrected chi connectivity index (χ4v) is 3.93. The first-order chi connectivity index (χ1) is 18.4. The van der Waals surface area contributed by atoms with Gasteiger partial charge in [0.15, 0.2) is 11.5 Å². The first-order valence-corrected chi connectivity index (χ1v) is 12.1. The van der Waals surface area contributed by atoms with Crippen LogP contribution in [0.4, 0.5) is 5.69 Å². The smallest absolute Gasteiger partial charge is 0.258 e. The largest absolute Gasteiger partial charge is 0.497 e. The standard InChI is InChI=1S/C29H35N3O6/c1-30-15-16-31(2)28(33)21-9-11-22(12-10-21)29(34)32(19-20-7-13-24(35-3)14-8-20)23-17-25(36-4)27(38-6)26(18-23)37-5/h7-14,17-18,30H,15-16,19H2,1-6H3. The number of benzene rings is 3. The zero-order valence-electron chi connectivity index (χ0n) is 22.7. The molecule has 0 radical (unpaired) electrons. The van der Waals surface area contributed by atoms with Gasteiger partial charge in [-0.3, -0.25) is 9.59 Å². The zero-order chi connectivity index (χ0) is 27.7. The molecule has 9 nitrogen and oxygen atoms in total. The number of amides is 2. The molecule has 1 N–H and O–H groups in total. The van der Waals surface area contributed by atoms with Crippen LogP contribution in [-0.2, 0) is 6.54 Å². The van der Waals surface area contributed by atoms with Gasteiger partial charge in [0.25, 0.3) is 11.8 Å². The third kappa shape index (κ3) is 6.54. The molecule has 0 atom stereocenters. The van der Waals surface area contributed by atoms with Crippen molar-refractivity contribution in [2.24, 2.45) is 0 Å². The topological polar surface area (TPSA) is 89.6 Å². The van der Waals surface area contributed by atoms with Gasteiger partial charge in [-0.15, -0.1) is 0 Å². The summed E-state index contributed by atoms with van der Waals surface area (Å²) in [4.78, 5) is 29.9. The molecule has 3 aromatic carbocycles. The summed E-state index contributed by atoms with van der Waals surface area (Å²) in [5, 5.41) is 3.03. The van der Waals surface area contributed by atoms with Crippen LogP contribution in [-0.4, -0.2) is 72.3 Å². The van der Waals surface area contributed by atoms with E-state index in [-0.39, 0.29) is 18.4 Å². The fraction of sp³-hybridized carbons (Fsp3) is 0.310. The van der Waals surface area contributed by atoms with E-state index in [1.807, 2.05) is 31.3 Å². The van der Waals surface area contributed by atoms with Crippen LogP contribution >= 0.6 is 0 Å². The van der Waals surface area contributed by atoms with Gasteiger partial charge in [-0.05, 0) is 49.0 Å². The van der Waals surface area contributed by atoms with E-state index in [0.717, 1.165) is 11.3 Å². The lowest BCUT2D eigenvalue weighted by Crippen LogP contribution is -2.33. The van der Waals surface area contributed by atoms with Gasteiger partial charge in [-0.25, -0.2) is 0 Å². The Hall–Kier alpha value is -4.24. The maximum atomic E-state index is 13.9. The summed E-state index contributed by atoms with van der Waals surface area (Å²) in [6.45, 7) is 1.54. The Morgan fingerprint density at radius 3 is 1.79 bits per heavy atom. The molecule has 2 amide bonds. The van der Waals surface area contributed by atoms with Crippen LogP contribution < -0.4 is 29.2 Å². The van der Waals surface area contributed by atoms with Gasteiger partial charge in [0, 0.05) is 43.4 Å². The molecule has 0 bridgehead atoms. The lowest BCUT2D eigenvalue weighted by atomic mass is 10.1. The predicted molar refractivity (Wildman–Crippen MR) is 147 cm³/mol. The van der Waals surface area contributed by atoms with Crippen molar-refractivity contribution in [3.8, 4) is 23.0 Å². The van der Waals surface area contributed by atoms with Crippen LogP contribution in [0, 0.1) is 0 Å². The molecule has 0 heterocycles. The predicted octanol–water partition coefficient (Wildman–Crippen LogP) is 3.86. The number of hydrogen-bond donors (Lipinski definition) is 1. The molecular weight excluding hydrogens is 486 g/mol. The molecule has 202 valence electrons. The molecule has 0 unspecified atom stereocenters. The molecule has 0 fully saturated rings. The molecule has 3 rings (SSSR count). The molecule has 0 aliphatic rings. The number of rotatable bonds is 12. The van der Waals surface area contributed by atoms with Gasteiger partial charge in [0.2, 0.25) is 5.75 Å². The zero-order valence-corrected chi connectivity index (χ0v) is 22.7. The number of carbonyl (C=O) groups is 2. The summed E-state index contributed by atoms with van der Waals surface area (Å²) < 4.78 is 21.8. The van der Waals surface area contributed by atoms with Crippen LogP contribution in [0.25, 0.3) is 0 Å². The SMILES string of the molecule is CNCCN(C)C(=O)c1ccc(C(=O)N(Cc2ccc(OC)cc2)c2cc(OC)c(OC)c(OC)c2)cc1. The Bertz CT molecular complexity index is 1200. The van der Waals surface area contributed by atoms with Crippen LogP contribution in [0.2, 0.25) is 0 Å². The average molecular weight is 522 g/mol. The van der Waals surface area contributed by atoms with Gasteiger partial charge in [0.05, 0.1) is 40.7 Å². The van der Waals surface area contributed by atoms with Gasteiger partial charge >= 0.3 is 0 Å². The van der Waals surface area contributed by atoms with Gasteiger partial charge in [-0.2, -0.15) is 0 Å². The molecule has 0 aromatic heterocycles. The summed E-state index contributed by atoms with van der Waals surface area (Å²) in [7, 11) is 9.78. The Balaban J connectivity index is 1.99. The van der Waals surface area contributed by atoms with E-state index in [1.165, 1.54) is 21.3 Å². The van der Waals surface area contributed by atoms with Crippen molar-refractivity contribution in [3.05, 3.63) is 77.4 Å². The van der Waals surface area contributed by atoms with E-state index in [1.54, 1.807) is 60.4 Å².